The Bertz CT molecular complexity index is 1120. The minimum absolute atomic E-state index is 0.262. The van der Waals surface area contributed by atoms with Gasteiger partial charge in [-0.05, 0) is 29.8 Å². The number of hydrogen-bond acceptors (Lipinski definition) is 6. The molecule has 4 rings (SSSR count). The van der Waals surface area contributed by atoms with Gasteiger partial charge in [-0.2, -0.15) is 18.3 Å². The lowest BCUT2D eigenvalue weighted by molar-refractivity contribution is -0.192. The molecule has 0 atom stereocenters. The first-order valence-electron chi connectivity index (χ1n) is 9.98. The summed E-state index contributed by atoms with van der Waals surface area (Å²) in [5.74, 6) is -1.20. The number of amides is 2. The first-order valence-corrected chi connectivity index (χ1v) is 9.98. The average molecular weight is 478 g/mol. The fourth-order valence-electron chi connectivity index (χ4n) is 2.92. The van der Waals surface area contributed by atoms with Crippen LogP contribution in [0.25, 0.3) is 11.4 Å². The van der Waals surface area contributed by atoms with E-state index in [2.05, 4.69) is 31.1 Å². The van der Waals surface area contributed by atoms with E-state index in [1.165, 1.54) is 6.33 Å². The number of carboxylic acid groups (broad SMARTS) is 1. The van der Waals surface area contributed by atoms with Crippen LogP contribution in [0, 0.1) is 0 Å². The Morgan fingerprint density at radius 1 is 1.18 bits per heavy atom. The summed E-state index contributed by atoms with van der Waals surface area (Å²) in [7, 11) is 0. The van der Waals surface area contributed by atoms with Crippen LogP contribution in [0.1, 0.15) is 11.1 Å². The van der Waals surface area contributed by atoms with Crippen molar-refractivity contribution in [3.05, 3.63) is 59.9 Å². The summed E-state index contributed by atoms with van der Waals surface area (Å²) < 4.78 is 37.4. The molecule has 0 saturated heterocycles. The van der Waals surface area contributed by atoms with Gasteiger partial charge in [0.05, 0.1) is 0 Å². The number of fused-ring (bicyclic) bond motifs is 1. The number of H-pyrrole nitrogens is 1. The fourth-order valence-corrected chi connectivity index (χ4v) is 2.92. The van der Waals surface area contributed by atoms with Crippen molar-refractivity contribution in [2.24, 2.45) is 0 Å². The van der Waals surface area contributed by atoms with Crippen molar-refractivity contribution < 1.29 is 32.6 Å². The Morgan fingerprint density at radius 3 is 2.68 bits per heavy atom. The number of alkyl halides is 3. The second-order valence-electron chi connectivity index (χ2n) is 6.99. The quantitative estimate of drug-likeness (QED) is 0.388. The van der Waals surface area contributed by atoms with Gasteiger partial charge in [-0.15, -0.1) is 0 Å². The lowest BCUT2D eigenvalue weighted by atomic mass is 10.1. The maximum atomic E-state index is 12.2. The number of nitrogens with zero attached hydrogens (tertiary/aromatic N) is 2. The standard InChI is InChI=1S/C19H20N6O2.C2HF3O2/c26-19(24-16-4-5-17-15(9-16)11-20-6-7-27-17)21-10-13-2-1-3-14(8-13)18-22-12-23-25-18;3-2(4,5)1(6)7/h1-5,8-9,12,20H,6-7,10-11H2,(H2,21,24,26)(H,22,23,25);(H,6,7). The van der Waals surface area contributed by atoms with Gasteiger partial charge in [0, 0.05) is 36.4 Å². The number of anilines is 1. The zero-order valence-corrected chi connectivity index (χ0v) is 17.6. The van der Waals surface area contributed by atoms with Crippen LogP contribution in [0.15, 0.2) is 48.8 Å². The van der Waals surface area contributed by atoms with Gasteiger partial charge in [-0.3, -0.25) is 5.10 Å². The van der Waals surface area contributed by atoms with Gasteiger partial charge in [-0.1, -0.05) is 18.2 Å². The minimum atomic E-state index is -5.08. The molecule has 0 aliphatic carbocycles. The third kappa shape index (κ3) is 7.20. The summed E-state index contributed by atoms with van der Waals surface area (Å²) in [5.41, 5.74) is 3.66. The third-order valence-electron chi connectivity index (χ3n) is 4.48. The van der Waals surface area contributed by atoms with Crippen LogP contribution < -0.4 is 20.7 Å². The maximum absolute atomic E-state index is 12.2. The van der Waals surface area contributed by atoms with E-state index < -0.39 is 12.1 Å². The van der Waals surface area contributed by atoms with Gasteiger partial charge >= 0.3 is 18.2 Å². The normalized spacial score (nSPS) is 12.8. The largest absolute Gasteiger partial charge is 0.492 e. The molecule has 0 saturated carbocycles. The van der Waals surface area contributed by atoms with Crippen molar-refractivity contribution in [1.82, 2.24) is 25.8 Å². The Morgan fingerprint density at radius 2 is 1.97 bits per heavy atom. The predicted molar refractivity (Wildman–Crippen MR) is 115 cm³/mol. The number of halogens is 3. The van der Waals surface area contributed by atoms with Crippen LogP contribution in [-0.2, 0) is 17.9 Å². The molecular formula is C21H21F3N6O4. The fraction of sp³-hybridized carbons (Fsp3) is 0.238. The van der Waals surface area contributed by atoms with E-state index >= 15 is 0 Å². The summed E-state index contributed by atoms with van der Waals surface area (Å²) >= 11 is 0. The molecule has 5 N–H and O–H groups in total. The molecular weight excluding hydrogens is 457 g/mol. The van der Waals surface area contributed by atoms with Crippen LogP contribution >= 0.6 is 0 Å². The number of carbonyl (C=O) groups excluding carboxylic acids is 1. The Hall–Kier alpha value is -4.13. The first-order chi connectivity index (χ1) is 16.2. The molecule has 1 aromatic heterocycles. The van der Waals surface area contributed by atoms with Crippen LogP contribution in [0.3, 0.4) is 0 Å². The topological polar surface area (TPSA) is 141 Å². The predicted octanol–water partition coefficient (Wildman–Crippen LogP) is 2.91. The van der Waals surface area contributed by atoms with E-state index in [1.807, 2.05) is 42.5 Å². The lowest BCUT2D eigenvalue weighted by Gasteiger charge is -2.11. The molecule has 34 heavy (non-hydrogen) atoms. The molecule has 0 radical (unpaired) electrons. The highest BCUT2D eigenvalue weighted by molar-refractivity contribution is 5.89. The van der Waals surface area contributed by atoms with E-state index in [0.717, 1.165) is 41.2 Å². The maximum Gasteiger partial charge on any atom is 0.490 e. The summed E-state index contributed by atoms with van der Waals surface area (Å²) in [4.78, 5) is 25.3. The van der Waals surface area contributed by atoms with Crippen molar-refractivity contribution in [2.75, 3.05) is 18.5 Å². The number of benzene rings is 2. The molecule has 0 unspecified atom stereocenters. The Kier molecular flexibility index (Phi) is 8.03. The number of aliphatic carboxylic acids is 1. The number of aromatic nitrogens is 3. The van der Waals surface area contributed by atoms with Gasteiger partial charge in [0.25, 0.3) is 0 Å². The smallest absolute Gasteiger partial charge is 0.490 e. The van der Waals surface area contributed by atoms with Crippen LogP contribution in [-0.4, -0.2) is 51.6 Å². The molecule has 1 aliphatic rings. The van der Waals surface area contributed by atoms with Gasteiger partial charge in [0.1, 0.15) is 18.7 Å². The Labute approximate surface area is 191 Å². The number of ether oxygens (including phenoxy) is 1. The molecule has 13 heteroatoms. The molecule has 0 bridgehead atoms. The molecule has 0 fully saturated rings. The van der Waals surface area contributed by atoms with E-state index in [9.17, 15) is 18.0 Å². The average Bonchev–Trinajstić information content (AvgIpc) is 3.24. The molecule has 180 valence electrons. The highest BCUT2D eigenvalue weighted by Crippen LogP contribution is 2.24. The van der Waals surface area contributed by atoms with Gasteiger partial charge in [0.2, 0.25) is 0 Å². The first kappa shape index (κ1) is 24.5. The molecule has 0 spiro atoms. The minimum Gasteiger partial charge on any atom is -0.492 e. The van der Waals surface area contributed by atoms with Gasteiger partial charge in [-0.25, -0.2) is 14.6 Å². The van der Waals surface area contributed by atoms with Crippen molar-refractivity contribution >= 4 is 17.7 Å². The van der Waals surface area contributed by atoms with Crippen LogP contribution in [0.5, 0.6) is 5.75 Å². The number of rotatable bonds is 4. The second kappa shape index (κ2) is 11.1. The van der Waals surface area contributed by atoms with E-state index in [-0.39, 0.29) is 6.03 Å². The number of carbonyl (C=O) groups is 2. The number of urea groups is 1. The van der Waals surface area contributed by atoms with E-state index in [1.54, 1.807) is 0 Å². The SMILES string of the molecule is O=C(NCc1cccc(-c2ncn[nH]2)c1)Nc1ccc2c(c1)CNCCO2.O=C(O)C(F)(F)F. The third-order valence-corrected chi connectivity index (χ3v) is 4.48. The monoisotopic (exact) mass is 478 g/mol. The van der Waals surface area contributed by atoms with Crippen molar-refractivity contribution in [1.29, 1.82) is 0 Å². The molecule has 3 aromatic rings. The molecule has 2 aromatic carbocycles. The number of hydrogen-bond donors (Lipinski definition) is 5. The zero-order chi connectivity index (χ0) is 24.6. The van der Waals surface area contributed by atoms with E-state index in [0.29, 0.717) is 19.0 Å². The van der Waals surface area contributed by atoms with Gasteiger partial charge in [0.15, 0.2) is 5.82 Å². The van der Waals surface area contributed by atoms with E-state index in [4.69, 9.17) is 14.6 Å². The van der Waals surface area contributed by atoms with Gasteiger partial charge < -0.3 is 25.8 Å². The summed E-state index contributed by atoms with van der Waals surface area (Å²) in [5, 5.41) is 22.8. The highest BCUT2D eigenvalue weighted by Gasteiger charge is 2.38. The second-order valence-corrected chi connectivity index (χ2v) is 6.99. The summed E-state index contributed by atoms with van der Waals surface area (Å²) in [6.45, 7) is 2.59. The van der Waals surface area contributed by atoms with Crippen LogP contribution in [0.2, 0.25) is 0 Å². The molecule has 2 amide bonds. The molecule has 10 nitrogen and oxygen atoms in total. The summed E-state index contributed by atoms with van der Waals surface area (Å²) in [6.07, 6.45) is -3.62. The highest BCUT2D eigenvalue weighted by atomic mass is 19.4. The lowest BCUT2D eigenvalue weighted by Crippen LogP contribution is -2.28. The zero-order valence-electron chi connectivity index (χ0n) is 17.6. The Balaban J connectivity index is 0.000000406. The summed E-state index contributed by atoms with van der Waals surface area (Å²) in [6, 6.07) is 13.2. The van der Waals surface area contributed by atoms with Crippen molar-refractivity contribution in [2.45, 2.75) is 19.3 Å². The number of aromatic amines is 1. The molecule has 1 aliphatic heterocycles. The van der Waals surface area contributed by atoms with Crippen molar-refractivity contribution in [3.63, 3.8) is 0 Å². The van der Waals surface area contributed by atoms with Crippen molar-refractivity contribution in [3.8, 4) is 17.1 Å². The van der Waals surface area contributed by atoms with Crippen LogP contribution in [0.4, 0.5) is 23.7 Å². The number of carboxylic acids is 1. The molecule has 2 heterocycles. The number of nitrogens with one attached hydrogen (secondary N) is 4.